The van der Waals surface area contributed by atoms with Crippen LogP contribution in [0.1, 0.15) is 108 Å². The van der Waals surface area contributed by atoms with E-state index in [-0.39, 0.29) is 0 Å². The molecule has 0 unspecified atom stereocenters. The van der Waals surface area contributed by atoms with Crippen molar-refractivity contribution in [3.63, 3.8) is 0 Å². The molecule has 2 aromatic carbocycles. The fourth-order valence-electron chi connectivity index (χ4n) is 4.90. The predicted molar refractivity (Wildman–Crippen MR) is 146 cm³/mol. The maximum atomic E-state index is 5.30. The summed E-state index contributed by atoms with van der Waals surface area (Å²) >= 11 is 0. The van der Waals surface area contributed by atoms with Gasteiger partial charge in [-0.2, -0.15) is 0 Å². The van der Waals surface area contributed by atoms with Crippen LogP contribution in [-0.4, -0.2) is 16.7 Å². The Hall–Kier alpha value is -2.29. The Morgan fingerprint density at radius 2 is 1.24 bits per heavy atom. The summed E-state index contributed by atoms with van der Waals surface area (Å²) in [5.41, 5.74) is 3.65. The first kappa shape index (κ1) is 26.3. The van der Waals surface area contributed by atoms with Crippen LogP contribution in [-0.2, 0) is 13.0 Å². The van der Waals surface area contributed by atoms with E-state index in [1.807, 2.05) is 12.1 Å². The molecule has 0 atom stereocenters. The summed E-state index contributed by atoms with van der Waals surface area (Å²) < 4.78 is 7.75. The van der Waals surface area contributed by atoms with E-state index in [0.717, 1.165) is 24.2 Å². The zero-order valence-corrected chi connectivity index (χ0v) is 21.7. The molecule has 0 N–H and O–H groups in total. The number of ether oxygens (including phenoxy) is 1. The van der Waals surface area contributed by atoms with Gasteiger partial charge < -0.3 is 9.30 Å². The molecule has 1 aromatic heterocycles. The predicted octanol–water partition coefficient (Wildman–Crippen LogP) is 9.12. The molecule has 3 nitrogen and oxygen atoms in total. The van der Waals surface area contributed by atoms with Crippen molar-refractivity contribution in [2.75, 3.05) is 7.11 Å². The normalized spacial score (nSPS) is 11.4. The van der Waals surface area contributed by atoms with E-state index in [0.29, 0.717) is 0 Å². The number of unbranched alkanes of at least 4 members (excludes halogenated alkanes) is 13. The highest BCUT2D eigenvalue weighted by Crippen LogP contribution is 2.21. The van der Waals surface area contributed by atoms with Crippen LogP contribution in [0.2, 0.25) is 0 Å². The molecule has 0 amide bonds. The van der Waals surface area contributed by atoms with E-state index < -0.39 is 0 Å². The zero-order valence-electron chi connectivity index (χ0n) is 21.7. The van der Waals surface area contributed by atoms with Gasteiger partial charge >= 0.3 is 0 Å². The highest BCUT2D eigenvalue weighted by Gasteiger charge is 2.11. The number of methoxy groups -OCH3 is 1. The standard InChI is InChI=1S/C31H46N2O/c1-3-4-5-6-7-8-9-10-11-12-13-14-15-18-25-33-30-20-17-16-19-29(30)32-31(33)26-27-21-23-28(34-2)24-22-27/h16-17,19-24H,3-15,18,25-26H2,1-2H3. The van der Waals surface area contributed by atoms with Gasteiger partial charge in [0.15, 0.2) is 0 Å². The third kappa shape index (κ3) is 8.81. The summed E-state index contributed by atoms with van der Waals surface area (Å²) in [6.07, 6.45) is 20.4. The van der Waals surface area contributed by atoms with Crippen LogP contribution in [0, 0.1) is 0 Å². The van der Waals surface area contributed by atoms with Crippen molar-refractivity contribution in [1.82, 2.24) is 9.55 Å². The van der Waals surface area contributed by atoms with Gasteiger partial charge in [0.2, 0.25) is 0 Å². The number of rotatable bonds is 18. The van der Waals surface area contributed by atoms with Crippen LogP contribution in [0.15, 0.2) is 48.5 Å². The number of hydrogen-bond acceptors (Lipinski definition) is 2. The second-order valence-electron chi connectivity index (χ2n) is 9.79. The van der Waals surface area contributed by atoms with E-state index in [2.05, 4.69) is 47.9 Å². The molecule has 0 aliphatic rings. The third-order valence-electron chi connectivity index (χ3n) is 6.99. The number of para-hydroxylation sites is 2. The molecule has 1 heterocycles. The van der Waals surface area contributed by atoms with Crippen LogP contribution in [0.3, 0.4) is 0 Å². The highest BCUT2D eigenvalue weighted by molar-refractivity contribution is 5.76. The van der Waals surface area contributed by atoms with Crippen LogP contribution in [0.25, 0.3) is 11.0 Å². The minimum atomic E-state index is 0.858. The van der Waals surface area contributed by atoms with Crippen LogP contribution < -0.4 is 4.74 Å². The number of nitrogens with zero attached hydrogens (tertiary/aromatic N) is 2. The number of benzene rings is 2. The van der Waals surface area contributed by atoms with E-state index in [4.69, 9.17) is 9.72 Å². The number of aromatic nitrogens is 2. The van der Waals surface area contributed by atoms with Crippen molar-refractivity contribution in [1.29, 1.82) is 0 Å². The van der Waals surface area contributed by atoms with E-state index in [9.17, 15) is 0 Å². The Balaban J connectivity index is 1.36. The molecular formula is C31H46N2O. The Kier molecular flexibility index (Phi) is 12.1. The maximum absolute atomic E-state index is 5.30. The van der Waals surface area contributed by atoms with Crippen molar-refractivity contribution < 1.29 is 4.74 Å². The fourth-order valence-corrected chi connectivity index (χ4v) is 4.90. The van der Waals surface area contributed by atoms with Crippen molar-refractivity contribution in [3.8, 4) is 5.75 Å². The van der Waals surface area contributed by atoms with Crippen LogP contribution in [0.4, 0.5) is 0 Å². The van der Waals surface area contributed by atoms with E-state index in [1.54, 1.807) is 7.11 Å². The molecule has 0 bridgehead atoms. The van der Waals surface area contributed by atoms with E-state index in [1.165, 1.54) is 107 Å². The number of hydrogen-bond donors (Lipinski definition) is 0. The van der Waals surface area contributed by atoms with Crippen molar-refractivity contribution in [2.24, 2.45) is 0 Å². The third-order valence-corrected chi connectivity index (χ3v) is 6.99. The molecule has 0 aliphatic carbocycles. The van der Waals surface area contributed by atoms with Gasteiger partial charge in [-0.3, -0.25) is 0 Å². The average molecular weight is 463 g/mol. The second kappa shape index (κ2) is 15.6. The van der Waals surface area contributed by atoms with Gasteiger partial charge in [-0.05, 0) is 36.2 Å². The lowest BCUT2D eigenvalue weighted by Gasteiger charge is -2.10. The van der Waals surface area contributed by atoms with Crippen LogP contribution in [0.5, 0.6) is 5.75 Å². The summed E-state index contributed by atoms with van der Waals surface area (Å²) in [7, 11) is 1.71. The average Bonchev–Trinajstić information content (AvgIpc) is 3.21. The van der Waals surface area contributed by atoms with Crippen molar-refractivity contribution in [2.45, 2.75) is 110 Å². The topological polar surface area (TPSA) is 27.1 Å². The molecular weight excluding hydrogens is 416 g/mol. The summed E-state index contributed by atoms with van der Waals surface area (Å²) in [5, 5.41) is 0. The number of fused-ring (bicyclic) bond motifs is 1. The smallest absolute Gasteiger partial charge is 0.118 e. The van der Waals surface area contributed by atoms with Gasteiger partial charge in [-0.25, -0.2) is 4.98 Å². The second-order valence-corrected chi connectivity index (χ2v) is 9.79. The fraction of sp³-hybridized carbons (Fsp3) is 0.581. The quantitative estimate of drug-likeness (QED) is 0.176. The summed E-state index contributed by atoms with van der Waals surface area (Å²) in [5.74, 6) is 2.07. The molecule has 0 fully saturated rings. The minimum absolute atomic E-state index is 0.858. The largest absolute Gasteiger partial charge is 0.497 e. The van der Waals surface area contributed by atoms with Crippen molar-refractivity contribution in [3.05, 3.63) is 59.9 Å². The first-order chi connectivity index (χ1) is 16.8. The molecule has 0 aliphatic heterocycles. The van der Waals surface area contributed by atoms with Gasteiger partial charge in [0.25, 0.3) is 0 Å². The molecule has 0 saturated carbocycles. The Morgan fingerprint density at radius 1 is 0.676 bits per heavy atom. The van der Waals surface area contributed by atoms with Gasteiger partial charge in [-0.1, -0.05) is 115 Å². The van der Waals surface area contributed by atoms with Gasteiger partial charge in [0, 0.05) is 13.0 Å². The van der Waals surface area contributed by atoms with Crippen LogP contribution >= 0.6 is 0 Å². The Labute approximate surface area is 207 Å². The Bertz CT molecular complexity index is 928. The van der Waals surface area contributed by atoms with Gasteiger partial charge in [0.05, 0.1) is 18.1 Å². The number of aryl methyl sites for hydroxylation is 1. The lowest BCUT2D eigenvalue weighted by Crippen LogP contribution is -2.05. The van der Waals surface area contributed by atoms with Gasteiger partial charge in [0.1, 0.15) is 11.6 Å². The summed E-state index contributed by atoms with van der Waals surface area (Å²) in [4.78, 5) is 4.97. The number of imidazole rings is 1. The first-order valence-corrected chi connectivity index (χ1v) is 13.9. The van der Waals surface area contributed by atoms with Crippen molar-refractivity contribution >= 4 is 11.0 Å². The highest BCUT2D eigenvalue weighted by atomic mass is 16.5. The minimum Gasteiger partial charge on any atom is -0.497 e. The lowest BCUT2D eigenvalue weighted by atomic mass is 10.0. The molecule has 3 aromatic rings. The molecule has 3 heteroatoms. The Morgan fingerprint density at radius 3 is 1.82 bits per heavy atom. The monoisotopic (exact) mass is 462 g/mol. The summed E-state index contributed by atoms with van der Waals surface area (Å²) in [6.45, 7) is 3.35. The maximum Gasteiger partial charge on any atom is 0.118 e. The zero-order chi connectivity index (χ0) is 23.8. The first-order valence-electron chi connectivity index (χ1n) is 13.9. The molecule has 0 spiro atoms. The van der Waals surface area contributed by atoms with E-state index >= 15 is 0 Å². The molecule has 186 valence electrons. The molecule has 3 rings (SSSR count). The molecule has 34 heavy (non-hydrogen) atoms. The SMILES string of the molecule is CCCCCCCCCCCCCCCCn1c(Cc2ccc(OC)cc2)nc2ccccc21. The molecule has 0 radical (unpaired) electrons. The lowest BCUT2D eigenvalue weighted by molar-refractivity contribution is 0.414. The summed E-state index contributed by atoms with van der Waals surface area (Å²) in [6, 6.07) is 16.9. The molecule has 0 saturated heterocycles. The van der Waals surface area contributed by atoms with Gasteiger partial charge in [-0.15, -0.1) is 0 Å².